The van der Waals surface area contributed by atoms with Gasteiger partial charge in [-0.1, -0.05) is 29.8 Å². The summed E-state index contributed by atoms with van der Waals surface area (Å²) in [5.41, 5.74) is 8.73. The molecule has 1 N–H and O–H groups in total. The zero-order valence-electron chi connectivity index (χ0n) is 21.5. The van der Waals surface area contributed by atoms with E-state index in [9.17, 15) is 9.59 Å². The molecule has 3 aromatic rings. The number of methoxy groups -OCH3 is 2. The maximum Gasteiger partial charge on any atom is 0.315 e. The molecule has 0 fully saturated rings. The number of aliphatic imine (C=N–C) groups is 1. The lowest BCUT2D eigenvalue weighted by Crippen LogP contribution is -2.40. The molecule has 3 unspecified atom stereocenters. The van der Waals surface area contributed by atoms with Gasteiger partial charge in [-0.3, -0.25) is 14.6 Å². The van der Waals surface area contributed by atoms with E-state index < -0.39 is 17.8 Å². The molecule has 186 valence electrons. The fourth-order valence-corrected chi connectivity index (χ4v) is 6.40. The number of ketones is 1. The number of nitrogens with one attached hydrogen (secondary N) is 1. The summed E-state index contributed by atoms with van der Waals surface area (Å²) in [5.74, 6) is -1.52. The summed E-state index contributed by atoms with van der Waals surface area (Å²) in [6, 6.07) is 12.3. The van der Waals surface area contributed by atoms with Crippen LogP contribution >= 0.6 is 0 Å². The molecular formula is C30H32N2O4. The molecule has 0 saturated carbocycles. The highest BCUT2D eigenvalue weighted by atomic mass is 16.5. The second-order valence-corrected chi connectivity index (χ2v) is 10.0. The second-order valence-electron chi connectivity index (χ2n) is 10.0. The number of aryl methyl sites for hydroxylation is 3. The minimum Gasteiger partial charge on any atom is -0.468 e. The molecule has 2 heterocycles. The number of rotatable bonds is 5. The van der Waals surface area contributed by atoms with Crippen LogP contribution in [0.2, 0.25) is 0 Å². The van der Waals surface area contributed by atoms with Gasteiger partial charge in [-0.25, -0.2) is 0 Å². The fraction of sp³-hybridized carbons (Fsp3) is 0.367. The zero-order chi connectivity index (χ0) is 25.6. The molecule has 2 aliphatic rings. The molecule has 0 radical (unpaired) electrons. The van der Waals surface area contributed by atoms with Crippen molar-refractivity contribution >= 4 is 28.4 Å². The topological polar surface area (TPSA) is 80.8 Å². The number of Topliss-reactive ketones (excluding diaryl/α,β-unsaturated/α-hetero) is 1. The predicted molar refractivity (Wildman–Crippen MR) is 141 cm³/mol. The third-order valence-corrected chi connectivity index (χ3v) is 7.62. The number of esters is 1. The summed E-state index contributed by atoms with van der Waals surface area (Å²) in [6.45, 7) is 6.52. The Morgan fingerprint density at radius 3 is 2.53 bits per heavy atom. The standard InChI is InChI=1S/C30H32N2O4/c1-16-11-17(2)26(18(3)12-16)19-13-23-28(25(33)14-19)27(21-7-6-8-22-20(21)9-10-31-22)29(30(34)36-5)24(32-23)15-35-4/h6-12,19,27,29,31H,13-15H2,1-5H3. The fourth-order valence-electron chi connectivity index (χ4n) is 6.40. The average Bonchev–Trinajstić information content (AvgIpc) is 3.31. The van der Waals surface area contributed by atoms with Crippen molar-refractivity contribution in [1.82, 2.24) is 4.98 Å². The molecule has 6 nitrogen and oxygen atoms in total. The Balaban J connectivity index is 1.70. The number of hydrogen-bond acceptors (Lipinski definition) is 5. The van der Waals surface area contributed by atoms with E-state index >= 15 is 0 Å². The van der Waals surface area contributed by atoms with Crippen molar-refractivity contribution in [2.45, 2.75) is 45.4 Å². The van der Waals surface area contributed by atoms with Gasteiger partial charge in [0.15, 0.2) is 5.78 Å². The first-order chi connectivity index (χ1) is 17.3. The molecule has 0 bridgehead atoms. The smallest absolute Gasteiger partial charge is 0.315 e. The Bertz CT molecular complexity index is 1400. The molecule has 1 aromatic heterocycles. The van der Waals surface area contributed by atoms with Crippen molar-refractivity contribution in [3.05, 3.63) is 81.7 Å². The zero-order valence-corrected chi connectivity index (χ0v) is 21.5. The van der Waals surface area contributed by atoms with E-state index in [4.69, 9.17) is 14.5 Å². The molecule has 6 heteroatoms. The summed E-state index contributed by atoms with van der Waals surface area (Å²) < 4.78 is 10.7. The highest BCUT2D eigenvalue weighted by Gasteiger charge is 2.46. The Morgan fingerprint density at radius 1 is 1.08 bits per heavy atom. The molecule has 36 heavy (non-hydrogen) atoms. The Hall–Kier alpha value is -3.51. The molecule has 1 aliphatic heterocycles. The van der Waals surface area contributed by atoms with E-state index in [1.807, 2.05) is 30.5 Å². The molecule has 3 atom stereocenters. The van der Waals surface area contributed by atoms with Crippen LogP contribution < -0.4 is 0 Å². The van der Waals surface area contributed by atoms with Gasteiger partial charge in [0.2, 0.25) is 0 Å². The maximum absolute atomic E-state index is 14.0. The minimum absolute atomic E-state index is 0.0442. The molecule has 2 aromatic carbocycles. The molecule has 1 aliphatic carbocycles. The monoisotopic (exact) mass is 484 g/mol. The van der Waals surface area contributed by atoms with E-state index in [1.165, 1.54) is 29.4 Å². The quantitative estimate of drug-likeness (QED) is 0.487. The number of H-pyrrole nitrogens is 1. The van der Waals surface area contributed by atoms with Crippen LogP contribution in [0, 0.1) is 26.7 Å². The molecule has 5 rings (SSSR count). The largest absolute Gasteiger partial charge is 0.468 e. The number of carbonyl (C=O) groups is 2. The average molecular weight is 485 g/mol. The van der Waals surface area contributed by atoms with Gasteiger partial charge in [-0.2, -0.15) is 0 Å². The van der Waals surface area contributed by atoms with E-state index in [0.717, 1.165) is 22.2 Å². The van der Waals surface area contributed by atoms with Crippen molar-refractivity contribution < 1.29 is 19.1 Å². The Morgan fingerprint density at radius 2 is 1.83 bits per heavy atom. The van der Waals surface area contributed by atoms with E-state index in [1.54, 1.807) is 7.11 Å². The van der Waals surface area contributed by atoms with E-state index in [0.29, 0.717) is 24.1 Å². The summed E-state index contributed by atoms with van der Waals surface area (Å²) in [7, 11) is 2.97. The van der Waals surface area contributed by atoms with E-state index in [2.05, 4.69) is 37.9 Å². The normalized spacial score (nSPS) is 22.0. The van der Waals surface area contributed by atoms with Gasteiger partial charge in [0.05, 0.1) is 19.4 Å². The lowest BCUT2D eigenvalue weighted by atomic mass is 9.68. The van der Waals surface area contributed by atoms with Crippen LogP contribution in [0.25, 0.3) is 10.9 Å². The number of carbonyl (C=O) groups excluding carboxylic acids is 2. The summed E-state index contributed by atoms with van der Waals surface area (Å²) >= 11 is 0. The number of aromatic amines is 1. The van der Waals surface area contributed by atoms with Crippen LogP contribution in [-0.4, -0.2) is 43.3 Å². The van der Waals surface area contributed by atoms with Crippen LogP contribution in [0.4, 0.5) is 0 Å². The number of ether oxygens (including phenoxy) is 2. The van der Waals surface area contributed by atoms with Gasteiger partial charge in [-0.05, 0) is 67.5 Å². The Kier molecular flexibility index (Phi) is 6.39. The molecule has 0 saturated heterocycles. The Labute approximate surface area is 211 Å². The minimum atomic E-state index is -0.724. The molecule has 0 spiro atoms. The van der Waals surface area contributed by atoms with Crippen molar-refractivity contribution in [2.24, 2.45) is 10.9 Å². The number of fused-ring (bicyclic) bond motifs is 1. The number of nitrogens with zero attached hydrogens (tertiary/aromatic N) is 1. The van der Waals surface area contributed by atoms with Gasteiger partial charge in [0.25, 0.3) is 0 Å². The summed E-state index contributed by atoms with van der Waals surface area (Å²) in [5, 5.41) is 0.988. The van der Waals surface area contributed by atoms with Crippen molar-refractivity contribution in [2.75, 3.05) is 20.8 Å². The summed E-state index contributed by atoms with van der Waals surface area (Å²) in [6.07, 6.45) is 2.92. The van der Waals surface area contributed by atoms with Crippen LogP contribution in [0.15, 0.2) is 58.9 Å². The predicted octanol–water partition coefficient (Wildman–Crippen LogP) is 5.47. The number of benzene rings is 2. The number of hydrogen-bond donors (Lipinski definition) is 1. The first-order valence-corrected chi connectivity index (χ1v) is 12.4. The van der Waals surface area contributed by atoms with Gasteiger partial charge < -0.3 is 14.5 Å². The number of aromatic nitrogens is 1. The van der Waals surface area contributed by atoms with Gasteiger partial charge in [-0.15, -0.1) is 0 Å². The lowest BCUT2D eigenvalue weighted by molar-refractivity contribution is -0.143. The van der Waals surface area contributed by atoms with Crippen molar-refractivity contribution in [1.29, 1.82) is 0 Å². The molecular weight excluding hydrogens is 452 g/mol. The van der Waals surface area contributed by atoms with Crippen LogP contribution in [-0.2, 0) is 19.1 Å². The SMILES string of the molecule is COCC1=NC2=C(C(=O)CC(c3c(C)cc(C)cc3C)C2)C(c2cccc3[nH]ccc23)C1C(=O)OC. The van der Waals surface area contributed by atoms with E-state index in [-0.39, 0.29) is 18.3 Å². The molecule has 0 amide bonds. The summed E-state index contributed by atoms with van der Waals surface area (Å²) in [4.78, 5) is 35.3. The third kappa shape index (κ3) is 3.99. The van der Waals surface area contributed by atoms with Crippen molar-refractivity contribution in [3.8, 4) is 0 Å². The highest BCUT2D eigenvalue weighted by molar-refractivity contribution is 6.11. The van der Waals surface area contributed by atoms with Crippen LogP contribution in [0.3, 0.4) is 0 Å². The third-order valence-electron chi connectivity index (χ3n) is 7.62. The van der Waals surface area contributed by atoms with Crippen LogP contribution in [0.1, 0.15) is 52.5 Å². The van der Waals surface area contributed by atoms with Crippen LogP contribution in [0.5, 0.6) is 0 Å². The van der Waals surface area contributed by atoms with Crippen molar-refractivity contribution in [3.63, 3.8) is 0 Å². The second kappa shape index (κ2) is 9.51. The maximum atomic E-state index is 14.0. The first-order valence-electron chi connectivity index (χ1n) is 12.4. The van der Waals surface area contributed by atoms with Gasteiger partial charge in [0, 0.05) is 47.8 Å². The van der Waals surface area contributed by atoms with Gasteiger partial charge >= 0.3 is 5.97 Å². The lowest BCUT2D eigenvalue weighted by Gasteiger charge is -2.37. The number of allylic oxidation sites excluding steroid dienone is 2. The highest BCUT2D eigenvalue weighted by Crippen LogP contribution is 2.48. The first kappa shape index (κ1) is 24.2. The van der Waals surface area contributed by atoms with Gasteiger partial charge in [0.1, 0.15) is 5.92 Å².